The average Bonchev–Trinajstić information content (AvgIpc) is 2.88. The van der Waals surface area contributed by atoms with Crippen LogP contribution in [0.25, 0.3) is 16.7 Å². The van der Waals surface area contributed by atoms with Crippen LogP contribution in [0.1, 0.15) is 97.0 Å². The smallest absolute Gasteiger partial charge is 0.299 e. The Morgan fingerprint density at radius 1 is 0.722 bits per heavy atom. The number of ether oxygens (including phenoxy) is 1. The van der Waals surface area contributed by atoms with Crippen molar-refractivity contribution in [1.29, 1.82) is 0 Å². The van der Waals surface area contributed by atoms with Crippen LogP contribution in [-0.4, -0.2) is 17.6 Å². The summed E-state index contributed by atoms with van der Waals surface area (Å²) in [6, 6.07) is 18.0. The third-order valence-corrected chi connectivity index (χ3v) is 7.29. The van der Waals surface area contributed by atoms with Gasteiger partial charge in [0.05, 0.1) is 6.10 Å². The minimum atomic E-state index is -3.07. The molecule has 1 aliphatic rings. The Hall–Kier alpha value is -2.26. The molecule has 3 rings (SSSR count). The lowest BCUT2D eigenvalue weighted by Crippen LogP contribution is -2.50. The first kappa shape index (κ1) is 28.3. The summed E-state index contributed by atoms with van der Waals surface area (Å²) < 4.78 is 38.1. The SMILES string of the molecule is CCCCCCCC[C@@]1(OC(C)CCCCC)C=CC(c2ccc(-c3ccccc3)cc2)=CC1(F)F. The van der Waals surface area contributed by atoms with E-state index in [4.69, 9.17) is 4.74 Å². The van der Waals surface area contributed by atoms with Crippen molar-refractivity contribution in [3.63, 3.8) is 0 Å². The molecule has 1 unspecified atom stereocenters. The van der Waals surface area contributed by atoms with E-state index < -0.39 is 11.5 Å². The highest BCUT2D eigenvalue weighted by Crippen LogP contribution is 2.45. The van der Waals surface area contributed by atoms with Gasteiger partial charge in [-0.25, -0.2) is 0 Å². The minimum absolute atomic E-state index is 0.202. The highest BCUT2D eigenvalue weighted by atomic mass is 19.3. The Morgan fingerprint density at radius 2 is 1.31 bits per heavy atom. The van der Waals surface area contributed by atoms with Crippen molar-refractivity contribution < 1.29 is 13.5 Å². The second kappa shape index (κ2) is 13.9. The number of benzene rings is 2. The van der Waals surface area contributed by atoms with E-state index in [1.54, 1.807) is 6.08 Å². The molecule has 0 amide bonds. The number of rotatable bonds is 15. The molecule has 0 radical (unpaired) electrons. The largest absolute Gasteiger partial charge is 0.361 e. The molecule has 0 fully saturated rings. The Balaban J connectivity index is 1.76. The predicted molar refractivity (Wildman–Crippen MR) is 149 cm³/mol. The van der Waals surface area contributed by atoms with E-state index in [0.717, 1.165) is 67.7 Å². The summed E-state index contributed by atoms with van der Waals surface area (Å²) in [7, 11) is 0. The summed E-state index contributed by atoms with van der Waals surface area (Å²) in [6.07, 6.45) is 15.2. The molecular weight excluding hydrogens is 450 g/mol. The molecular formula is C33H44F2O. The zero-order chi connectivity index (χ0) is 25.9. The van der Waals surface area contributed by atoms with Gasteiger partial charge in [-0.1, -0.05) is 126 Å². The molecule has 0 N–H and O–H groups in total. The van der Waals surface area contributed by atoms with E-state index >= 15 is 8.78 Å². The van der Waals surface area contributed by atoms with E-state index in [2.05, 4.69) is 26.0 Å². The van der Waals surface area contributed by atoms with Gasteiger partial charge in [0.2, 0.25) is 0 Å². The lowest BCUT2D eigenvalue weighted by Gasteiger charge is -2.41. The zero-order valence-corrected chi connectivity index (χ0v) is 22.4. The third-order valence-electron chi connectivity index (χ3n) is 7.29. The van der Waals surface area contributed by atoms with Crippen LogP contribution in [0.5, 0.6) is 0 Å². The first-order valence-electron chi connectivity index (χ1n) is 14.0. The molecule has 0 saturated heterocycles. The Bertz CT molecular complexity index is 961. The normalized spacial score (nSPS) is 19.8. The van der Waals surface area contributed by atoms with Crippen LogP contribution in [-0.2, 0) is 4.74 Å². The quantitative estimate of drug-likeness (QED) is 0.224. The molecule has 1 aliphatic carbocycles. The monoisotopic (exact) mass is 494 g/mol. The van der Waals surface area contributed by atoms with Crippen molar-refractivity contribution in [3.8, 4) is 11.1 Å². The molecule has 0 aromatic heterocycles. The maximum Gasteiger partial charge on any atom is 0.299 e. The molecule has 1 nitrogen and oxygen atoms in total. The fraction of sp³-hybridized carbons (Fsp3) is 0.515. The molecule has 3 heteroatoms. The standard InChI is InChI=1S/C33H44F2O/c1-4-6-8-9-10-15-24-32(36-27(3)16-12-7-5-2)25-23-31(26-33(32,34)35)30-21-19-29(20-22-30)28-17-13-11-14-18-28/h11,13-14,17-23,25-27H,4-10,12,15-16,24H2,1-3H3/t27?,32-/m1/s1. The van der Waals surface area contributed by atoms with Gasteiger partial charge in [0.1, 0.15) is 0 Å². The van der Waals surface area contributed by atoms with Gasteiger partial charge < -0.3 is 4.74 Å². The lowest BCUT2D eigenvalue weighted by atomic mass is 9.81. The number of halogens is 2. The molecule has 196 valence electrons. The van der Waals surface area contributed by atoms with Crippen LogP contribution in [0, 0.1) is 0 Å². The van der Waals surface area contributed by atoms with Gasteiger partial charge in [-0.15, -0.1) is 0 Å². The number of alkyl halides is 2. The van der Waals surface area contributed by atoms with Gasteiger partial charge in [-0.2, -0.15) is 8.78 Å². The summed E-state index contributed by atoms with van der Waals surface area (Å²) in [4.78, 5) is 0. The number of hydrogen-bond acceptors (Lipinski definition) is 1. The molecule has 36 heavy (non-hydrogen) atoms. The Labute approximate surface area is 217 Å². The first-order chi connectivity index (χ1) is 17.4. The second-order valence-corrected chi connectivity index (χ2v) is 10.3. The minimum Gasteiger partial charge on any atom is -0.361 e. The number of hydrogen-bond donors (Lipinski definition) is 0. The highest BCUT2D eigenvalue weighted by molar-refractivity contribution is 5.78. The van der Waals surface area contributed by atoms with Crippen LogP contribution in [0.3, 0.4) is 0 Å². The van der Waals surface area contributed by atoms with E-state index in [0.29, 0.717) is 12.0 Å². The molecule has 0 saturated carbocycles. The van der Waals surface area contributed by atoms with Crippen LogP contribution < -0.4 is 0 Å². The average molecular weight is 495 g/mol. The summed E-state index contributed by atoms with van der Waals surface area (Å²) in [5.41, 5.74) is 1.98. The Kier molecular flexibility index (Phi) is 10.9. The van der Waals surface area contributed by atoms with Gasteiger partial charge >= 0.3 is 0 Å². The molecule has 0 heterocycles. The highest BCUT2D eigenvalue weighted by Gasteiger charge is 2.53. The van der Waals surface area contributed by atoms with Gasteiger partial charge in [0.25, 0.3) is 5.92 Å². The molecule has 0 bridgehead atoms. The molecule has 2 aromatic carbocycles. The zero-order valence-electron chi connectivity index (χ0n) is 22.4. The molecule has 0 spiro atoms. The summed E-state index contributed by atoms with van der Waals surface area (Å²) in [5, 5.41) is 0. The summed E-state index contributed by atoms with van der Waals surface area (Å²) >= 11 is 0. The topological polar surface area (TPSA) is 9.23 Å². The van der Waals surface area contributed by atoms with Crippen molar-refractivity contribution in [2.24, 2.45) is 0 Å². The van der Waals surface area contributed by atoms with E-state index in [-0.39, 0.29) is 6.10 Å². The summed E-state index contributed by atoms with van der Waals surface area (Å²) in [5.74, 6) is -3.07. The van der Waals surface area contributed by atoms with E-state index in [9.17, 15) is 0 Å². The van der Waals surface area contributed by atoms with E-state index in [1.807, 2.05) is 55.5 Å². The van der Waals surface area contributed by atoms with Gasteiger partial charge in [-0.05, 0) is 60.6 Å². The van der Waals surface area contributed by atoms with Crippen molar-refractivity contribution in [2.75, 3.05) is 0 Å². The van der Waals surface area contributed by atoms with Crippen LogP contribution in [0.2, 0.25) is 0 Å². The fourth-order valence-electron chi connectivity index (χ4n) is 5.06. The fourth-order valence-corrected chi connectivity index (χ4v) is 5.06. The lowest BCUT2D eigenvalue weighted by molar-refractivity contribution is -0.183. The molecule has 2 aromatic rings. The Morgan fingerprint density at radius 3 is 1.97 bits per heavy atom. The van der Waals surface area contributed by atoms with Crippen molar-refractivity contribution in [3.05, 3.63) is 78.4 Å². The molecule has 0 aliphatic heterocycles. The number of allylic oxidation sites excluding steroid dienone is 2. The first-order valence-corrected chi connectivity index (χ1v) is 14.0. The van der Waals surface area contributed by atoms with Crippen molar-refractivity contribution >= 4 is 5.57 Å². The third kappa shape index (κ3) is 7.62. The maximum absolute atomic E-state index is 15.9. The number of unbranched alkanes of at least 4 members (excludes halogenated alkanes) is 7. The van der Waals surface area contributed by atoms with Crippen molar-refractivity contribution in [1.82, 2.24) is 0 Å². The predicted octanol–water partition coefficient (Wildman–Crippen LogP) is 10.4. The molecule has 2 atom stereocenters. The van der Waals surface area contributed by atoms with Crippen LogP contribution in [0.4, 0.5) is 8.78 Å². The van der Waals surface area contributed by atoms with Crippen LogP contribution in [0.15, 0.2) is 72.8 Å². The van der Waals surface area contributed by atoms with Crippen molar-refractivity contribution in [2.45, 2.75) is 109 Å². The van der Waals surface area contributed by atoms with E-state index in [1.165, 1.54) is 19.3 Å². The van der Waals surface area contributed by atoms with Gasteiger partial charge in [0, 0.05) is 0 Å². The second-order valence-electron chi connectivity index (χ2n) is 10.3. The maximum atomic E-state index is 15.9. The van der Waals surface area contributed by atoms with Crippen LogP contribution >= 0.6 is 0 Å². The van der Waals surface area contributed by atoms with Gasteiger partial charge in [-0.3, -0.25) is 0 Å². The van der Waals surface area contributed by atoms with Gasteiger partial charge in [0.15, 0.2) is 5.60 Å². The summed E-state index contributed by atoms with van der Waals surface area (Å²) in [6.45, 7) is 6.29.